The fourth-order valence-electron chi connectivity index (χ4n) is 3.75. The van der Waals surface area contributed by atoms with E-state index in [-0.39, 0.29) is 11.1 Å². The third-order valence-corrected chi connectivity index (χ3v) is 6.56. The molecule has 0 fully saturated rings. The number of rotatable bonds is 4. The Kier molecular flexibility index (Phi) is 5.52. The van der Waals surface area contributed by atoms with E-state index in [2.05, 4.69) is 4.98 Å². The SMILES string of the molecule is Cc1cccc(-n2c(SCc3cc(=O)n4cccc(C)c4n3)nc3cc(Cl)ccc3c2=O)c1. The molecule has 8 heteroatoms. The van der Waals surface area contributed by atoms with Crippen LogP contribution in [0.1, 0.15) is 16.8 Å². The zero-order valence-electron chi connectivity index (χ0n) is 17.9. The summed E-state index contributed by atoms with van der Waals surface area (Å²) >= 11 is 7.52. The quantitative estimate of drug-likeness (QED) is 0.272. The van der Waals surface area contributed by atoms with Crippen molar-refractivity contribution in [1.29, 1.82) is 0 Å². The largest absolute Gasteiger partial charge is 0.269 e. The van der Waals surface area contributed by atoms with Crippen LogP contribution in [-0.2, 0) is 5.75 Å². The van der Waals surface area contributed by atoms with Gasteiger partial charge in [-0.15, -0.1) is 0 Å². The predicted molar refractivity (Wildman–Crippen MR) is 133 cm³/mol. The van der Waals surface area contributed by atoms with Gasteiger partial charge in [0.2, 0.25) is 0 Å². The Bertz CT molecular complexity index is 1660. The topological polar surface area (TPSA) is 69.3 Å². The van der Waals surface area contributed by atoms with Crippen LogP contribution in [0.2, 0.25) is 5.02 Å². The van der Waals surface area contributed by atoms with Gasteiger partial charge in [-0.25, -0.2) is 9.97 Å². The van der Waals surface area contributed by atoms with Crippen molar-refractivity contribution in [3.05, 3.63) is 109 Å². The van der Waals surface area contributed by atoms with Gasteiger partial charge in [-0.3, -0.25) is 18.6 Å². The standard InChI is InChI=1S/C25H19ClN4O2S/c1-15-5-3-7-19(11-15)30-24(32)20-9-8-17(26)12-21(20)28-25(30)33-14-18-13-22(31)29-10-4-6-16(2)23(29)27-18/h3-13H,14H2,1-2H3. The molecule has 5 aromatic rings. The van der Waals surface area contributed by atoms with Crippen molar-refractivity contribution in [3.63, 3.8) is 0 Å². The maximum atomic E-state index is 13.5. The molecule has 0 aliphatic rings. The molecule has 5 rings (SSSR count). The minimum atomic E-state index is -0.174. The van der Waals surface area contributed by atoms with Crippen molar-refractivity contribution in [3.8, 4) is 5.69 Å². The highest BCUT2D eigenvalue weighted by Gasteiger charge is 2.15. The monoisotopic (exact) mass is 474 g/mol. The van der Waals surface area contributed by atoms with Crippen molar-refractivity contribution >= 4 is 39.9 Å². The highest BCUT2D eigenvalue weighted by molar-refractivity contribution is 7.98. The van der Waals surface area contributed by atoms with E-state index in [4.69, 9.17) is 16.6 Å². The van der Waals surface area contributed by atoms with Gasteiger partial charge in [0, 0.05) is 23.0 Å². The third kappa shape index (κ3) is 4.05. The number of aromatic nitrogens is 4. The van der Waals surface area contributed by atoms with Crippen molar-refractivity contribution in [1.82, 2.24) is 18.9 Å². The molecule has 0 N–H and O–H groups in total. The first kappa shape index (κ1) is 21.4. The van der Waals surface area contributed by atoms with Gasteiger partial charge in [-0.1, -0.05) is 41.6 Å². The highest BCUT2D eigenvalue weighted by Crippen LogP contribution is 2.25. The molecular weight excluding hydrogens is 456 g/mol. The molecule has 2 aromatic carbocycles. The molecule has 3 heterocycles. The Morgan fingerprint density at radius 1 is 0.970 bits per heavy atom. The van der Waals surface area contributed by atoms with Gasteiger partial charge in [0.05, 0.1) is 22.3 Å². The average Bonchev–Trinajstić information content (AvgIpc) is 2.78. The molecule has 0 aliphatic carbocycles. The summed E-state index contributed by atoms with van der Waals surface area (Å²) in [7, 11) is 0. The number of thioether (sulfide) groups is 1. The lowest BCUT2D eigenvalue weighted by molar-refractivity contribution is 0.818. The second-order valence-corrected chi connectivity index (χ2v) is 9.17. The molecule has 0 bridgehead atoms. The van der Waals surface area contributed by atoms with Crippen LogP contribution in [0.25, 0.3) is 22.2 Å². The number of hydrogen-bond acceptors (Lipinski definition) is 5. The van der Waals surface area contributed by atoms with E-state index in [9.17, 15) is 9.59 Å². The number of nitrogens with zero attached hydrogens (tertiary/aromatic N) is 4. The molecular formula is C25H19ClN4O2S. The molecule has 0 saturated carbocycles. The summed E-state index contributed by atoms with van der Waals surface area (Å²) in [6.45, 7) is 3.90. The molecule has 33 heavy (non-hydrogen) atoms. The van der Waals surface area contributed by atoms with Crippen molar-refractivity contribution < 1.29 is 0 Å². The van der Waals surface area contributed by atoms with Crippen molar-refractivity contribution in [2.75, 3.05) is 0 Å². The van der Waals surface area contributed by atoms with E-state index in [0.717, 1.165) is 16.8 Å². The number of pyridine rings is 1. The first-order valence-electron chi connectivity index (χ1n) is 10.3. The van der Waals surface area contributed by atoms with Gasteiger partial charge in [-0.05, 0) is 61.4 Å². The van der Waals surface area contributed by atoms with Crippen LogP contribution in [0, 0.1) is 13.8 Å². The van der Waals surface area contributed by atoms with Crippen LogP contribution in [0.3, 0.4) is 0 Å². The Morgan fingerprint density at radius 3 is 2.64 bits per heavy atom. The fourth-order valence-corrected chi connectivity index (χ4v) is 4.82. The molecule has 0 amide bonds. The molecule has 0 aliphatic heterocycles. The molecule has 6 nitrogen and oxygen atoms in total. The smallest absolute Gasteiger partial charge is 0.266 e. The Morgan fingerprint density at radius 2 is 1.82 bits per heavy atom. The van der Waals surface area contributed by atoms with Crippen LogP contribution in [0.5, 0.6) is 0 Å². The summed E-state index contributed by atoms with van der Waals surface area (Å²) in [6.07, 6.45) is 1.71. The van der Waals surface area contributed by atoms with Crippen molar-refractivity contribution in [2.24, 2.45) is 0 Å². The second kappa shape index (κ2) is 8.50. The number of aryl methyl sites for hydroxylation is 2. The Balaban J connectivity index is 1.64. The van der Waals surface area contributed by atoms with Crippen LogP contribution in [-0.4, -0.2) is 18.9 Å². The van der Waals surface area contributed by atoms with E-state index in [1.165, 1.54) is 22.2 Å². The molecule has 164 valence electrons. The maximum absolute atomic E-state index is 13.5. The van der Waals surface area contributed by atoms with E-state index < -0.39 is 0 Å². The van der Waals surface area contributed by atoms with Gasteiger partial charge in [0.1, 0.15) is 5.65 Å². The third-order valence-electron chi connectivity index (χ3n) is 5.35. The fraction of sp³-hybridized carbons (Fsp3) is 0.120. The van der Waals surface area contributed by atoms with Gasteiger partial charge >= 0.3 is 0 Å². The van der Waals surface area contributed by atoms with E-state index in [1.54, 1.807) is 29.0 Å². The minimum absolute atomic E-state index is 0.145. The minimum Gasteiger partial charge on any atom is -0.269 e. The molecule has 0 unspecified atom stereocenters. The van der Waals surface area contributed by atoms with Crippen LogP contribution in [0.4, 0.5) is 0 Å². The molecule has 0 atom stereocenters. The van der Waals surface area contributed by atoms with Gasteiger partial charge in [-0.2, -0.15) is 0 Å². The molecule has 0 saturated heterocycles. The number of fused-ring (bicyclic) bond motifs is 2. The summed E-state index contributed by atoms with van der Waals surface area (Å²) in [4.78, 5) is 35.5. The number of halogens is 1. The van der Waals surface area contributed by atoms with E-state index in [0.29, 0.717) is 38.2 Å². The number of hydrogen-bond donors (Lipinski definition) is 0. The van der Waals surface area contributed by atoms with Crippen LogP contribution < -0.4 is 11.1 Å². The van der Waals surface area contributed by atoms with Gasteiger partial charge < -0.3 is 0 Å². The summed E-state index contributed by atoms with van der Waals surface area (Å²) in [5.74, 6) is 0.379. The lowest BCUT2D eigenvalue weighted by Crippen LogP contribution is -2.22. The first-order chi connectivity index (χ1) is 15.9. The van der Waals surface area contributed by atoms with Crippen molar-refractivity contribution in [2.45, 2.75) is 24.8 Å². The molecule has 3 aromatic heterocycles. The van der Waals surface area contributed by atoms with Gasteiger partial charge in [0.25, 0.3) is 11.1 Å². The predicted octanol–water partition coefficient (Wildman–Crippen LogP) is 4.96. The normalized spacial score (nSPS) is 11.4. The van der Waals surface area contributed by atoms with Gasteiger partial charge in [0.15, 0.2) is 5.16 Å². The second-order valence-electron chi connectivity index (χ2n) is 7.79. The lowest BCUT2D eigenvalue weighted by atomic mass is 10.2. The zero-order chi connectivity index (χ0) is 23.1. The van der Waals surface area contributed by atoms with E-state index in [1.807, 2.05) is 50.2 Å². The Hall–Kier alpha value is -3.42. The summed E-state index contributed by atoms with van der Waals surface area (Å²) in [5, 5.41) is 1.51. The highest BCUT2D eigenvalue weighted by atomic mass is 35.5. The first-order valence-corrected chi connectivity index (χ1v) is 11.7. The zero-order valence-corrected chi connectivity index (χ0v) is 19.5. The summed E-state index contributed by atoms with van der Waals surface area (Å²) < 4.78 is 3.13. The van der Waals surface area contributed by atoms with E-state index >= 15 is 0 Å². The maximum Gasteiger partial charge on any atom is 0.266 e. The summed E-state index contributed by atoms with van der Waals surface area (Å²) in [6, 6.07) is 18.0. The Labute approximate surface area is 198 Å². The summed E-state index contributed by atoms with van der Waals surface area (Å²) in [5.41, 5.74) is 4.13. The number of benzene rings is 2. The average molecular weight is 475 g/mol. The molecule has 0 spiro atoms. The molecule has 0 radical (unpaired) electrons. The van der Waals surface area contributed by atoms with Crippen LogP contribution in [0.15, 0.2) is 81.6 Å². The van der Waals surface area contributed by atoms with Crippen LogP contribution >= 0.6 is 23.4 Å². The lowest BCUT2D eigenvalue weighted by Gasteiger charge is -2.14.